The molecule has 4 rings (SSSR count). The van der Waals surface area contributed by atoms with Crippen LogP contribution in [0.25, 0.3) is 5.69 Å². The lowest BCUT2D eigenvalue weighted by Crippen LogP contribution is -2.48. The van der Waals surface area contributed by atoms with Gasteiger partial charge in [-0.25, -0.2) is 0 Å². The number of aryl methyl sites for hydroxylation is 1. The van der Waals surface area contributed by atoms with E-state index in [1.165, 1.54) is 5.56 Å². The van der Waals surface area contributed by atoms with Gasteiger partial charge < -0.3 is 4.90 Å². The van der Waals surface area contributed by atoms with Crippen molar-refractivity contribution >= 4 is 33.4 Å². The Morgan fingerprint density at radius 2 is 1.83 bits per heavy atom. The molecule has 0 bridgehead atoms. The molecule has 9 heteroatoms. The molecular formula is C20H20BrClN6O. The predicted octanol–water partition coefficient (Wildman–Crippen LogP) is 3.34. The number of tetrazole rings is 1. The summed E-state index contributed by atoms with van der Waals surface area (Å²) in [7, 11) is 0. The summed E-state index contributed by atoms with van der Waals surface area (Å²) < 4.78 is 2.60. The molecular weight excluding hydrogens is 456 g/mol. The van der Waals surface area contributed by atoms with E-state index in [1.54, 1.807) is 16.8 Å². The van der Waals surface area contributed by atoms with Crippen molar-refractivity contribution < 1.29 is 4.79 Å². The van der Waals surface area contributed by atoms with Gasteiger partial charge in [0.05, 0.1) is 22.8 Å². The number of nitrogens with zero attached hydrogens (tertiary/aromatic N) is 6. The number of aromatic nitrogens is 4. The van der Waals surface area contributed by atoms with E-state index in [-0.39, 0.29) is 5.91 Å². The van der Waals surface area contributed by atoms with Gasteiger partial charge in [-0.1, -0.05) is 45.2 Å². The highest BCUT2D eigenvalue weighted by Gasteiger charge is 2.25. The van der Waals surface area contributed by atoms with Crippen molar-refractivity contribution in [3.8, 4) is 5.69 Å². The number of carbonyl (C=O) groups excluding carboxylic acids is 1. The molecule has 1 aromatic heterocycles. The van der Waals surface area contributed by atoms with Crippen LogP contribution in [0.5, 0.6) is 0 Å². The summed E-state index contributed by atoms with van der Waals surface area (Å²) in [5, 5.41) is 12.6. The van der Waals surface area contributed by atoms with Crippen LogP contribution in [0.1, 0.15) is 21.7 Å². The summed E-state index contributed by atoms with van der Waals surface area (Å²) in [6.07, 6.45) is 0. The van der Waals surface area contributed by atoms with Crippen LogP contribution in [-0.2, 0) is 6.54 Å². The first-order chi connectivity index (χ1) is 14.0. The second kappa shape index (κ2) is 8.61. The Morgan fingerprint density at radius 3 is 2.55 bits per heavy atom. The summed E-state index contributed by atoms with van der Waals surface area (Å²) in [5.41, 5.74) is 2.65. The molecule has 0 N–H and O–H groups in total. The van der Waals surface area contributed by atoms with Gasteiger partial charge in [0.15, 0.2) is 5.82 Å². The number of benzene rings is 2. The molecule has 7 nitrogen and oxygen atoms in total. The third-order valence-corrected chi connectivity index (χ3v) is 5.82. The molecule has 2 aromatic carbocycles. The average molecular weight is 476 g/mol. The Hall–Kier alpha value is -2.29. The molecule has 0 unspecified atom stereocenters. The lowest BCUT2D eigenvalue weighted by atomic mass is 10.2. The fraction of sp³-hybridized carbons (Fsp3) is 0.300. The molecule has 2 heterocycles. The summed E-state index contributed by atoms with van der Waals surface area (Å²) in [6.45, 7) is 5.44. The first-order valence-electron chi connectivity index (χ1n) is 9.32. The summed E-state index contributed by atoms with van der Waals surface area (Å²) in [4.78, 5) is 16.9. The molecule has 1 aliphatic rings. The third kappa shape index (κ3) is 4.49. The van der Waals surface area contributed by atoms with Gasteiger partial charge in [-0.2, -0.15) is 4.68 Å². The maximum Gasteiger partial charge on any atom is 0.255 e. The highest BCUT2D eigenvalue weighted by Crippen LogP contribution is 2.23. The molecule has 0 saturated carbocycles. The lowest BCUT2D eigenvalue weighted by molar-refractivity contribution is 0.0624. The monoisotopic (exact) mass is 474 g/mol. The van der Waals surface area contributed by atoms with Gasteiger partial charge in [0.2, 0.25) is 0 Å². The van der Waals surface area contributed by atoms with Crippen molar-refractivity contribution in [3.63, 3.8) is 0 Å². The number of halogens is 2. The predicted molar refractivity (Wildman–Crippen MR) is 114 cm³/mol. The number of amides is 1. The summed E-state index contributed by atoms with van der Waals surface area (Å²) >= 11 is 9.62. The minimum Gasteiger partial charge on any atom is -0.336 e. The first-order valence-corrected chi connectivity index (χ1v) is 10.5. The molecule has 0 aliphatic carbocycles. The van der Waals surface area contributed by atoms with E-state index in [0.29, 0.717) is 30.2 Å². The highest BCUT2D eigenvalue weighted by atomic mass is 79.9. The topological polar surface area (TPSA) is 67.2 Å². The van der Waals surface area contributed by atoms with Crippen LogP contribution < -0.4 is 0 Å². The SMILES string of the molecule is Cc1ccc(-n2nnnc2CN2CCN(C(=O)c3cc(Br)ccc3Cl)CC2)cc1. The van der Waals surface area contributed by atoms with Crippen LogP contribution in [0.3, 0.4) is 0 Å². The zero-order chi connectivity index (χ0) is 20.4. The van der Waals surface area contributed by atoms with Crippen LogP contribution in [-0.4, -0.2) is 62.1 Å². The van der Waals surface area contributed by atoms with Crippen LogP contribution in [0.2, 0.25) is 5.02 Å². The van der Waals surface area contributed by atoms with E-state index in [0.717, 1.165) is 29.1 Å². The normalized spacial score (nSPS) is 14.9. The first kappa shape index (κ1) is 20.0. The second-order valence-electron chi connectivity index (χ2n) is 7.03. The summed E-state index contributed by atoms with van der Waals surface area (Å²) in [6, 6.07) is 13.4. The lowest BCUT2D eigenvalue weighted by Gasteiger charge is -2.34. The Labute approximate surface area is 182 Å². The Bertz CT molecular complexity index is 1010. The smallest absolute Gasteiger partial charge is 0.255 e. The van der Waals surface area contributed by atoms with E-state index in [2.05, 4.69) is 36.4 Å². The number of hydrogen-bond acceptors (Lipinski definition) is 5. The highest BCUT2D eigenvalue weighted by molar-refractivity contribution is 9.10. The van der Waals surface area contributed by atoms with Crippen molar-refractivity contribution in [2.75, 3.05) is 26.2 Å². The van der Waals surface area contributed by atoms with Gasteiger partial charge in [-0.05, 0) is 47.7 Å². The standard InChI is InChI=1S/C20H20BrClN6O/c1-14-2-5-16(6-3-14)28-19(23-24-25-28)13-26-8-10-27(11-9-26)20(29)17-12-15(21)4-7-18(17)22/h2-7,12H,8-11,13H2,1H3. The van der Waals surface area contributed by atoms with E-state index < -0.39 is 0 Å². The molecule has 29 heavy (non-hydrogen) atoms. The Morgan fingerprint density at radius 1 is 1.10 bits per heavy atom. The number of carbonyl (C=O) groups is 1. The van der Waals surface area contributed by atoms with Crippen LogP contribution in [0, 0.1) is 6.92 Å². The Kier molecular flexibility index (Phi) is 5.94. The third-order valence-electron chi connectivity index (χ3n) is 5.00. The van der Waals surface area contributed by atoms with Gasteiger partial charge in [0.25, 0.3) is 5.91 Å². The zero-order valence-electron chi connectivity index (χ0n) is 15.9. The molecule has 0 atom stereocenters. The largest absolute Gasteiger partial charge is 0.336 e. The fourth-order valence-electron chi connectivity index (χ4n) is 3.33. The van der Waals surface area contributed by atoms with E-state index in [9.17, 15) is 4.79 Å². The molecule has 150 valence electrons. The minimum absolute atomic E-state index is 0.0413. The van der Waals surface area contributed by atoms with Gasteiger partial charge in [0, 0.05) is 30.7 Å². The Balaban J connectivity index is 1.40. The van der Waals surface area contributed by atoms with Gasteiger partial charge in [0.1, 0.15) is 0 Å². The van der Waals surface area contributed by atoms with Gasteiger partial charge in [-0.15, -0.1) is 5.10 Å². The molecule has 1 saturated heterocycles. The van der Waals surface area contributed by atoms with Gasteiger partial charge >= 0.3 is 0 Å². The van der Waals surface area contributed by atoms with E-state index in [4.69, 9.17) is 11.6 Å². The second-order valence-corrected chi connectivity index (χ2v) is 8.36. The van der Waals surface area contributed by atoms with Crippen LogP contribution >= 0.6 is 27.5 Å². The van der Waals surface area contributed by atoms with Crippen molar-refractivity contribution in [2.24, 2.45) is 0 Å². The minimum atomic E-state index is -0.0413. The van der Waals surface area contributed by atoms with Crippen molar-refractivity contribution in [1.29, 1.82) is 0 Å². The van der Waals surface area contributed by atoms with Crippen molar-refractivity contribution in [1.82, 2.24) is 30.0 Å². The maximum absolute atomic E-state index is 12.8. The summed E-state index contributed by atoms with van der Waals surface area (Å²) in [5.74, 6) is 0.740. The molecule has 1 aliphatic heterocycles. The molecule has 0 spiro atoms. The van der Waals surface area contributed by atoms with Crippen LogP contribution in [0.4, 0.5) is 0 Å². The number of hydrogen-bond donors (Lipinski definition) is 0. The average Bonchev–Trinajstić information content (AvgIpc) is 3.18. The van der Waals surface area contributed by atoms with Crippen molar-refractivity contribution in [3.05, 3.63) is 68.9 Å². The van der Waals surface area contributed by atoms with E-state index in [1.807, 2.05) is 42.2 Å². The number of rotatable bonds is 4. The molecule has 1 amide bonds. The molecule has 0 radical (unpaired) electrons. The van der Waals surface area contributed by atoms with E-state index >= 15 is 0 Å². The van der Waals surface area contributed by atoms with Crippen molar-refractivity contribution in [2.45, 2.75) is 13.5 Å². The quantitative estimate of drug-likeness (QED) is 0.579. The molecule has 1 fully saturated rings. The van der Waals surface area contributed by atoms with Gasteiger partial charge in [-0.3, -0.25) is 9.69 Å². The molecule has 3 aromatic rings. The van der Waals surface area contributed by atoms with Crippen LogP contribution in [0.15, 0.2) is 46.9 Å². The number of piperazine rings is 1. The zero-order valence-corrected chi connectivity index (χ0v) is 18.3. The maximum atomic E-state index is 12.8. The fourth-order valence-corrected chi connectivity index (χ4v) is 3.89.